The summed E-state index contributed by atoms with van der Waals surface area (Å²) < 4.78 is 11.3. The molecular formula is C11H20N2O2. The van der Waals surface area contributed by atoms with Gasteiger partial charge in [-0.2, -0.15) is 5.26 Å². The van der Waals surface area contributed by atoms with E-state index in [0.717, 1.165) is 12.8 Å². The van der Waals surface area contributed by atoms with Crippen LogP contribution in [-0.4, -0.2) is 30.5 Å². The van der Waals surface area contributed by atoms with E-state index in [1.165, 1.54) is 0 Å². The van der Waals surface area contributed by atoms with Gasteiger partial charge in [0.15, 0.2) is 0 Å². The second kappa shape index (κ2) is 4.93. The van der Waals surface area contributed by atoms with E-state index in [1.54, 1.807) is 6.92 Å². The van der Waals surface area contributed by atoms with E-state index in [9.17, 15) is 0 Å². The normalized spacial score (nSPS) is 35.5. The molecule has 86 valence electrons. The van der Waals surface area contributed by atoms with E-state index in [1.807, 2.05) is 19.9 Å². The van der Waals surface area contributed by atoms with Crippen LogP contribution in [0.5, 0.6) is 0 Å². The quantitative estimate of drug-likeness (QED) is 0.763. The van der Waals surface area contributed by atoms with Gasteiger partial charge in [-0.1, -0.05) is 0 Å². The Morgan fingerprint density at radius 1 is 1.47 bits per heavy atom. The average molecular weight is 212 g/mol. The van der Waals surface area contributed by atoms with Crippen molar-refractivity contribution >= 4 is 0 Å². The van der Waals surface area contributed by atoms with Crippen molar-refractivity contribution in [3.05, 3.63) is 0 Å². The number of nitrogens with zero attached hydrogens (tertiary/aromatic N) is 1. The molecule has 1 saturated heterocycles. The van der Waals surface area contributed by atoms with Gasteiger partial charge in [0.25, 0.3) is 0 Å². The lowest BCUT2D eigenvalue weighted by molar-refractivity contribution is -0.105. The third-order valence-electron chi connectivity index (χ3n) is 2.53. The van der Waals surface area contributed by atoms with Crippen LogP contribution in [0.15, 0.2) is 0 Å². The Morgan fingerprint density at radius 3 is 2.47 bits per heavy atom. The molecule has 0 aliphatic carbocycles. The zero-order valence-corrected chi connectivity index (χ0v) is 9.69. The van der Waals surface area contributed by atoms with Crippen molar-refractivity contribution < 1.29 is 9.47 Å². The third kappa shape index (κ3) is 4.17. The predicted molar refractivity (Wildman–Crippen MR) is 57.2 cm³/mol. The molecule has 4 nitrogen and oxygen atoms in total. The molecule has 2 N–H and O–H groups in total. The monoisotopic (exact) mass is 212 g/mol. The van der Waals surface area contributed by atoms with Crippen molar-refractivity contribution in [2.24, 2.45) is 5.73 Å². The maximum atomic E-state index is 8.75. The highest BCUT2D eigenvalue weighted by Crippen LogP contribution is 2.22. The van der Waals surface area contributed by atoms with Crippen molar-refractivity contribution in [2.75, 3.05) is 6.61 Å². The number of rotatable bonds is 3. The first-order valence-electron chi connectivity index (χ1n) is 5.40. The van der Waals surface area contributed by atoms with Crippen LogP contribution in [0.3, 0.4) is 0 Å². The maximum absolute atomic E-state index is 8.75. The summed E-state index contributed by atoms with van der Waals surface area (Å²) >= 11 is 0. The summed E-state index contributed by atoms with van der Waals surface area (Å²) in [6.07, 6.45) is 2.38. The van der Waals surface area contributed by atoms with Gasteiger partial charge in [-0.25, -0.2) is 0 Å². The average Bonchev–Trinajstić information content (AvgIpc) is 2.14. The summed E-state index contributed by atoms with van der Waals surface area (Å²) in [5.74, 6) is 0. The van der Waals surface area contributed by atoms with Crippen LogP contribution < -0.4 is 5.73 Å². The first-order chi connectivity index (χ1) is 6.93. The lowest BCUT2D eigenvalue weighted by Crippen LogP contribution is -2.43. The van der Waals surface area contributed by atoms with Crippen LogP contribution in [-0.2, 0) is 9.47 Å². The molecule has 0 aromatic rings. The van der Waals surface area contributed by atoms with Gasteiger partial charge in [-0.3, -0.25) is 0 Å². The summed E-state index contributed by atoms with van der Waals surface area (Å²) in [6, 6.07) is 2.02. The van der Waals surface area contributed by atoms with Crippen LogP contribution >= 0.6 is 0 Å². The first kappa shape index (κ1) is 12.4. The molecule has 3 atom stereocenters. The van der Waals surface area contributed by atoms with Gasteiger partial charge >= 0.3 is 0 Å². The largest absolute Gasteiger partial charge is 0.375 e. The Balaban J connectivity index is 2.36. The number of nitrogens with two attached hydrogens (primary N) is 1. The van der Waals surface area contributed by atoms with Crippen LogP contribution in [0.2, 0.25) is 0 Å². The first-order valence-corrected chi connectivity index (χ1v) is 5.40. The highest BCUT2D eigenvalue weighted by atomic mass is 16.5. The van der Waals surface area contributed by atoms with E-state index in [2.05, 4.69) is 0 Å². The minimum absolute atomic E-state index is 0.167. The fourth-order valence-electron chi connectivity index (χ4n) is 1.80. The van der Waals surface area contributed by atoms with Gasteiger partial charge in [0.1, 0.15) is 5.54 Å². The highest BCUT2D eigenvalue weighted by molar-refractivity contribution is 5.01. The van der Waals surface area contributed by atoms with Gasteiger partial charge < -0.3 is 15.2 Å². The second-order valence-electron chi connectivity index (χ2n) is 4.69. The molecule has 0 spiro atoms. The summed E-state index contributed by atoms with van der Waals surface area (Å²) in [5.41, 5.74) is 4.80. The molecule has 4 heteroatoms. The molecule has 0 radical (unpaired) electrons. The van der Waals surface area contributed by atoms with Crippen LogP contribution in [0.4, 0.5) is 0 Å². The molecule has 15 heavy (non-hydrogen) atoms. The standard InChI is InChI=1S/C11H20N2O2/c1-8-4-10(5-9(2)15-8)14-7-11(3,13)6-12/h8-10H,4-5,7,13H2,1-3H3. The fourth-order valence-corrected chi connectivity index (χ4v) is 1.80. The molecule has 1 fully saturated rings. The highest BCUT2D eigenvalue weighted by Gasteiger charge is 2.27. The number of hydrogen-bond acceptors (Lipinski definition) is 4. The van der Waals surface area contributed by atoms with Gasteiger partial charge in [-0.15, -0.1) is 0 Å². The molecule has 0 aromatic heterocycles. The molecule has 1 heterocycles. The molecule has 0 bridgehead atoms. The van der Waals surface area contributed by atoms with E-state index in [4.69, 9.17) is 20.5 Å². The second-order valence-corrected chi connectivity index (χ2v) is 4.69. The molecule has 3 unspecified atom stereocenters. The van der Waals surface area contributed by atoms with E-state index < -0.39 is 5.54 Å². The summed E-state index contributed by atoms with van der Waals surface area (Å²) in [5, 5.41) is 8.75. The molecule has 1 aliphatic rings. The number of nitriles is 1. The minimum Gasteiger partial charge on any atom is -0.375 e. The van der Waals surface area contributed by atoms with Gasteiger partial charge in [0.2, 0.25) is 0 Å². The summed E-state index contributed by atoms with van der Waals surface area (Å²) in [6.45, 7) is 6.04. The van der Waals surface area contributed by atoms with Crippen molar-refractivity contribution in [1.82, 2.24) is 0 Å². The zero-order valence-electron chi connectivity index (χ0n) is 9.69. The molecular weight excluding hydrogens is 192 g/mol. The Hall–Kier alpha value is -0.630. The van der Waals surface area contributed by atoms with Crippen molar-refractivity contribution in [3.8, 4) is 6.07 Å². The Bertz CT molecular complexity index is 237. The summed E-state index contributed by atoms with van der Waals surface area (Å²) in [7, 11) is 0. The van der Waals surface area contributed by atoms with E-state index in [-0.39, 0.29) is 24.9 Å². The lowest BCUT2D eigenvalue weighted by atomic mass is 10.0. The zero-order chi connectivity index (χ0) is 11.5. The Labute approximate surface area is 91.3 Å². The van der Waals surface area contributed by atoms with Crippen LogP contribution in [0, 0.1) is 11.3 Å². The molecule has 1 rings (SSSR count). The lowest BCUT2D eigenvalue weighted by Gasteiger charge is -2.33. The number of hydrogen-bond donors (Lipinski definition) is 1. The van der Waals surface area contributed by atoms with Gasteiger partial charge in [0.05, 0.1) is 31.0 Å². The van der Waals surface area contributed by atoms with E-state index in [0.29, 0.717) is 0 Å². The van der Waals surface area contributed by atoms with Crippen LogP contribution in [0.25, 0.3) is 0 Å². The van der Waals surface area contributed by atoms with Crippen molar-refractivity contribution in [3.63, 3.8) is 0 Å². The fraction of sp³-hybridized carbons (Fsp3) is 0.909. The smallest absolute Gasteiger partial charge is 0.125 e. The van der Waals surface area contributed by atoms with Crippen molar-refractivity contribution in [2.45, 2.75) is 57.5 Å². The van der Waals surface area contributed by atoms with E-state index >= 15 is 0 Å². The van der Waals surface area contributed by atoms with Crippen molar-refractivity contribution in [1.29, 1.82) is 5.26 Å². The summed E-state index contributed by atoms with van der Waals surface area (Å²) in [4.78, 5) is 0. The topological polar surface area (TPSA) is 68.3 Å². The predicted octanol–water partition coefficient (Wildman–Crippen LogP) is 1.20. The minimum atomic E-state index is -0.884. The molecule has 0 amide bonds. The number of ether oxygens (including phenoxy) is 2. The SMILES string of the molecule is CC1CC(OCC(C)(N)C#N)CC(C)O1. The van der Waals surface area contributed by atoms with Crippen LogP contribution in [0.1, 0.15) is 33.6 Å². The Kier molecular flexibility index (Phi) is 4.09. The molecule has 0 saturated carbocycles. The van der Waals surface area contributed by atoms with Gasteiger partial charge in [-0.05, 0) is 33.6 Å². The third-order valence-corrected chi connectivity index (χ3v) is 2.53. The Morgan fingerprint density at radius 2 is 2.00 bits per heavy atom. The molecule has 0 aromatic carbocycles. The maximum Gasteiger partial charge on any atom is 0.125 e. The van der Waals surface area contributed by atoms with Gasteiger partial charge in [0, 0.05) is 0 Å². The molecule has 1 aliphatic heterocycles.